The quantitative estimate of drug-likeness (QED) is 0.653. The van der Waals surface area contributed by atoms with E-state index in [-0.39, 0.29) is 5.02 Å². The van der Waals surface area contributed by atoms with Crippen LogP contribution >= 0.6 is 11.6 Å². The average Bonchev–Trinajstić information content (AvgIpc) is 3.16. The van der Waals surface area contributed by atoms with E-state index in [4.69, 9.17) is 17.3 Å². The zero-order chi connectivity index (χ0) is 22.1. The van der Waals surface area contributed by atoms with Gasteiger partial charge >= 0.3 is 0 Å². The molecule has 2 atom stereocenters. The van der Waals surface area contributed by atoms with Crippen LogP contribution in [0.5, 0.6) is 0 Å². The van der Waals surface area contributed by atoms with E-state index >= 15 is 0 Å². The zero-order valence-electron chi connectivity index (χ0n) is 16.8. The van der Waals surface area contributed by atoms with Crippen LogP contribution in [0, 0.1) is 12.7 Å². The first-order chi connectivity index (χ1) is 14.9. The van der Waals surface area contributed by atoms with E-state index in [1.165, 1.54) is 17.2 Å². The minimum absolute atomic E-state index is 0.227. The minimum atomic E-state index is -1.10. The number of hydrogen-bond acceptors (Lipinski definition) is 4. The molecule has 0 bridgehead atoms. The van der Waals surface area contributed by atoms with Gasteiger partial charge in [-0.1, -0.05) is 17.7 Å². The van der Waals surface area contributed by atoms with Crippen molar-refractivity contribution in [3.8, 4) is 0 Å². The molecule has 1 aliphatic rings. The third-order valence-electron chi connectivity index (χ3n) is 5.58. The van der Waals surface area contributed by atoms with Gasteiger partial charge in [-0.3, -0.25) is 19.6 Å². The maximum Gasteiger partial charge on any atom is 0.257 e. The molecule has 8 heteroatoms. The van der Waals surface area contributed by atoms with E-state index in [2.05, 4.69) is 9.97 Å². The Bertz CT molecular complexity index is 1160. The number of benzene rings is 1. The average molecular weight is 439 g/mol. The Hall–Kier alpha value is -3.32. The number of hydrogen-bond donors (Lipinski definition) is 1. The number of rotatable bonds is 5. The Morgan fingerprint density at radius 3 is 2.71 bits per heavy atom. The van der Waals surface area contributed by atoms with E-state index in [0.717, 1.165) is 0 Å². The molecule has 0 unspecified atom stereocenters. The summed E-state index contributed by atoms with van der Waals surface area (Å²) in [6, 6.07) is 7.87. The first kappa shape index (κ1) is 20.9. The lowest BCUT2D eigenvalue weighted by Gasteiger charge is -2.36. The van der Waals surface area contributed by atoms with E-state index in [0.29, 0.717) is 40.8 Å². The highest BCUT2D eigenvalue weighted by molar-refractivity contribution is 6.30. The van der Waals surface area contributed by atoms with Gasteiger partial charge in [0.2, 0.25) is 5.91 Å². The Kier molecular flexibility index (Phi) is 5.69. The van der Waals surface area contributed by atoms with Crippen LogP contribution in [-0.2, 0) is 11.2 Å². The van der Waals surface area contributed by atoms with Crippen LogP contribution in [-0.4, -0.2) is 26.7 Å². The number of nitrogens with zero attached hydrogens (tertiary/aromatic N) is 3. The summed E-state index contributed by atoms with van der Waals surface area (Å²) in [4.78, 5) is 36.1. The fraction of sp³-hybridized carbons (Fsp3) is 0.217. The third kappa shape index (κ3) is 3.88. The molecular formula is C23H20ClFN4O2. The molecule has 0 fully saturated rings. The highest BCUT2D eigenvalue weighted by Crippen LogP contribution is 2.43. The number of aromatic nitrogens is 2. The summed E-state index contributed by atoms with van der Waals surface area (Å²) in [5.41, 5.74) is 8.19. The molecule has 3 aromatic rings. The monoisotopic (exact) mass is 438 g/mol. The van der Waals surface area contributed by atoms with Crippen molar-refractivity contribution in [3.63, 3.8) is 0 Å². The number of halogens is 2. The first-order valence-electron chi connectivity index (χ1n) is 9.79. The van der Waals surface area contributed by atoms with Gasteiger partial charge in [-0.05, 0) is 61.2 Å². The van der Waals surface area contributed by atoms with Gasteiger partial charge in [0.25, 0.3) is 5.91 Å². The summed E-state index contributed by atoms with van der Waals surface area (Å²) >= 11 is 6.12. The molecular weight excluding hydrogens is 419 g/mol. The first-order valence-corrected chi connectivity index (χ1v) is 10.2. The number of primary amides is 1. The number of aryl methyl sites for hydroxylation is 1. The Morgan fingerprint density at radius 2 is 2.03 bits per heavy atom. The van der Waals surface area contributed by atoms with Gasteiger partial charge in [0, 0.05) is 34.9 Å². The molecule has 0 saturated heterocycles. The predicted molar refractivity (Wildman–Crippen MR) is 114 cm³/mol. The van der Waals surface area contributed by atoms with Crippen molar-refractivity contribution in [2.45, 2.75) is 31.8 Å². The fourth-order valence-corrected chi connectivity index (χ4v) is 4.41. The van der Waals surface area contributed by atoms with Crippen molar-refractivity contribution in [2.75, 3.05) is 0 Å². The standard InChI is InChI=1S/C23H20ClFN4O2/c1-13-16(5-3-9-28-13)23(31)29(21(22(26)30)14-4-2-8-27-12-14)20-7-6-17-18(20)10-15(24)11-19(17)25/h2-5,8-12,20-21H,6-7H2,1H3,(H2,26,30)/t20-,21-/m1/s1. The number of carbonyl (C=O) groups excluding carboxylic acids is 2. The van der Waals surface area contributed by atoms with Crippen LogP contribution in [0.15, 0.2) is 55.0 Å². The van der Waals surface area contributed by atoms with Crippen molar-refractivity contribution in [1.82, 2.24) is 14.9 Å². The fourth-order valence-electron chi connectivity index (χ4n) is 4.20. The molecule has 0 aliphatic heterocycles. The molecule has 31 heavy (non-hydrogen) atoms. The van der Waals surface area contributed by atoms with Gasteiger partial charge in [-0.15, -0.1) is 0 Å². The molecule has 1 aliphatic carbocycles. The van der Waals surface area contributed by atoms with Crippen LogP contribution in [0.25, 0.3) is 0 Å². The van der Waals surface area contributed by atoms with Crippen LogP contribution in [0.1, 0.15) is 51.2 Å². The van der Waals surface area contributed by atoms with Gasteiger partial charge in [-0.25, -0.2) is 4.39 Å². The number of pyridine rings is 2. The number of fused-ring (bicyclic) bond motifs is 1. The minimum Gasteiger partial charge on any atom is -0.368 e. The molecule has 6 nitrogen and oxygen atoms in total. The third-order valence-corrected chi connectivity index (χ3v) is 5.80. The van der Waals surface area contributed by atoms with Crippen LogP contribution in [0.4, 0.5) is 4.39 Å². The molecule has 2 amide bonds. The molecule has 1 aromatic carbocycles. The van der Waals surface area contributed by atoms with E-state index in [1.807, 2.05) is 0 Å². The summed E-state index contributed by atoms with van der Waals surface area (Å²) in [5.74, 6) is -1.55. The van der Waals surface area contributed by atoms with Gasteiger partial charge < -0.3 is 10.6 Å². The van der Waals surface area contributed by atoms with E-state index in [1.54, 1.807) is 49.6 Å². The molecule has 0 radical (unpaired) electrons. The number of carbonyl (C=O) groups is 2. The normalized spacial score (nSPS) is 15.9. The molecule has 158 valence electrons. The predicted octanol–water partition coefficient (Wildman–Crippen LogP) is 3.93. The van der Waals surface area contributed by atoms with Gasteiger partial charge in [0.05, 0.1) is 11.6 Å². The van der Waals surface area contributed by atoms with Crippen LogP contribution < -0.4 is 5.73 Å². The summed E-state index contributed by atoms with van der Waals surface area (Å²) in [6.07, 6.45) is 5.50. The summed E-state index contributed by atoms with van der Waals surface area (Å²) in [7, 11) is 0. The lowest BCUT2D eigenvalue weighted by Crippen LogP contribution is -2.43. The second-order valence-corrected chi connectivity index (χ2v) is 7.89. The summed E-state index contributed by atoms with van der Waals surface area (Å²) < 4.78 is 14.6. The number of amides is 2. The molecule has 0 spiro atoms. The van der Waals surface area contributed by atoms with Gasteiger partial charge in [0.15, 0.2) is 0 Å². The largest absolute Gasteiger partial charge is 0.368 e. The van der Waals surface area contributed by atoms with E-state index in [9.17, 15) is 14.0 Å². The van der Waals surface area contributed by atoms with Crippen molar-refractivity contribution < 1.29 is 14.0 Å². The molecule has 4 rings (SSSR count). The molecule has 0 saturated carbocycles. The molecule has 2 N–H and O–H groups in total. The van der Waals surface area contributed by atoms with Crippen molar-refractivity contribution in [3.05, 3.63) is 93.8 Å². The highest BCUT2D eigenvalue weighted by atomic mass is 35.5. The smallest absolute Gasteiger partial charge is 0.257 e. The van der Waals surface area contributed by atoms with E-state index < -0.39 is 29.7 Å². The lowest BCUT2D eigenvalue weighted by molar-refractivity contribution is -0.123. The maximum absolute atomic E-state index is 14.6. The van der Waals surface area contributed by atoms with Crippen molar-refractivity contribution in [1.29, 1.82) is 0 Å². The second kappa shape index (κ2) is 8.43. The Balaban J connectivity index is 1.90. The van der Waals surface area contributed by atoms with Crippen molar-refractivity contribution >= 4 is 23.4 Å². The van der Waals surface area contributed by atoms with Crippen molar-refractivity contribution in [2.24, 2.45) is 5.73 Å². The van der Waals surface area contributed by atoms with Crippen LogP contribution in [0.3, 0.4) is 0 Å². The zero-order valence-corrected chi connectivity index (χ0v) is 17.5. The van der Waals surface area contributed by atoms with Crippen LogP contribution in [0.2, 0.25) is 5.02 Å². The Labute approximate surface area is 183 Å². The summed E-state index contributed by atoms with van der Waals surface area (Å²) in [5, 5.41) is 0.227. The SMILES string of the molecule is Cc1ncccc1C(=O)N([C@@H]1CCc2c(F)cc(Cl)cc21)[C@@H](C(N)=O)c1cccnc1. The lowest BCUT2D eigenvalue weighted by atomic mass is 9.98. The second-order valence-electron chi connectivity index (χ2n) is 7.45. The topological polar surface area (TPSA) is 89.2 Å². The van der Waals surface area contributed by atoms with Gasteiger partial charge in [-0.2, -0.15) is 0 Å². The van der Waals surface area contributed by atoms with Gasteiger partial charge in [0.1, 0.15) is 11.9 Å². The maximum atomic E-state index is 14.6. The number of nitrogens with two attached hydrogens (primary N) is 1. The highest BCUT2D eigenvalue weighted by Gasteiger charge is 2.40. The molecule has 2 heterocycles. The molecule has 2 aromatic heterocycles. The Morgan fingerprint density at radius 1 is 1.26 bits per heavy atom. The summed E-state index contributed by atoms with van der Waals surface area (Å²) in [6.45, 7) is 1.72.